The Labute approximate surface area is 116 Å². The molecule has 112 valence electrons. The molecule has 1 aromatic heterocycles. The van der Waals surface area contributed by atoms with Gasteiger partial charge in [-0.3, -0.25) is 14.7 Å². The minimum Gasteiger partial charge on any atom is -0.481 e. The molecule has 0 bridgehead atoms. The third kappa shape index (κ3) is 3.15. The van der Waals surface area contributed by atoms with E-state index >= 15 is 0 Å². The molecular formula is C13H11F3N2O3. The van der Waals surface area contributed by atoms with Crippen LogP contribution in [0.2, 0.25) is 0 Å². The molecule has 2 rings (SSSR count). The molecule has 0 radical (unpaired) electrons. The summed E-state index contributed by atoms with van der Waals surface area (Å²) in [5.41, 5.74) is -2.43. The van der Waals surface area contributed by atoms with Crippen LogP contribution in [0.5, 0.6) is 0 Å². The summed E-state index contributed by atoms with van der Waals surface area (Å²) in [7, 11) is 0. The molecule has 0 aliphatic carbocycles. The van der Waals surface area contributed by atoms with Gasteiger partial charge in [-0.1, -0.05) is 18.2 Å². The molecule has 21 heavy (non-hydrogen) atoms. The summed E-state index contributed by atoms with van der Waals surface area (Å²) in [4.78, 5) is 22.6. The standard InChI is InChI=1S/C13H11F3N2O3/c14-13(15,16)11-9(6-7-10(19)20)12(21)18(17-11)8-4-2-1-3-5-8/h1-5,17H,6-7H2,(H,19,20). The maximum absolute atomic E-state index is 13.0. The van der Waals surface area contributed by atoms with E-state index in [9.17, 15) is 22.8 Å². The van der Waals surface area contributed by atoms with Crippen molar-refractivity contribution >= 4 is 5.97 Å². The highest BCUT2D eigenvalue weighted by atomic mass is 19.4. The average molecular weight is 300 g/mol. The highest BCUT2D eigenvalue weighted by molar-refractivity contribution is 5.67. The minimum absolute atomic E-state index is 0.245. The molecule has 0 saturated carbocycles. The summed E-state index contributed by atoms with van der Waals surface area (Å²) in [6.45, 7) is 0. The average Bonchev–Trinajstić information content (AvgIpc) is 2.74. The number of rotatable bonds is 4. The van der Waals surface area contributed by atoms with Crippen LogP contribution in [-0.2, 0) is 17.4 Å². The van der Waals surface area contributed by atoms with Gasteiger partial charge >= 0.3 is 12.1 Å². The second kappa shape index (κ2) is 5.47. The van der Waals surface area contributed by atoms with Gasteiger partial charge in [0.15, 0.2) is 0 Å². The summed E-state index contributed by atoms with van der Waals surface area (Å²) >= 11 is 0. The molecule has 1 heterocycles. The van der Waals surface area contributed by atoms with E-state index in [2.05, 4.69) is 0 Å². The van der Waals surface area contributed by atoms with Crippen molar-refractivity contribution in [1.82, 2.24) is 9.78 Å². The number of aromatic amines is 1. The number of nitrogens with one attached hydrogen (secondary N) is 1. The van der Waals surface area contributed by atoms with Crippen molar-refractivity contribution in [3.05, 3.63) is 51.9 Å². The Morgan fingerprint density at radius 3 is 2.38 bits per heavy atom. The lowest BCUT2D eigenvalue weighted by molar-refractivity contribution is -0.142. The zero-order valence-corrected chi connectivity index (χ0v) is 10.6. The maximum atomic E-state index is 13.0. The summed E-state index contributed by atoms with van der Waals surface area (Å²) in [5, 5.41) is 10.6. The fourth-order valence-corrected chi connectivity index (χ4v) is 1.93. The zero-order valence-electron chi connectivity index (χ0n) is 10.6. The molecule has 8 heteroatoms. The first-order valence-electron chi connectivity index (χ1n) is 5.99. The number of aromatic nitrogens is 2. The van der Waals surface area contributed by atoms with Crippen LogP contribution in [-0.4, -0.2) is 20.9 Å². The van der Waals surface area contributed by atoms with Crippen molar-refractivity contribution in [3.63, 3.8) is 0 Å². The van der Waals surface area contributed by atoms with E-state index in [1.54, 1.807) is 18.2 Å². The van der Waals surface area contributed by atoms with Gasteiger partial charge in [-0.25, -0.2) is 4.68 Å². The molecule has 0 amide bonds. The highest BCUT2D eigenvalue weighted by Crippen LogP contribution is 2.30. The van der Waals surface area contributed by atoms with Crippen LogP contribution in [0, 0.1) is 0 Å². The van der Waals surface area contributed by atoms with Crippen molar-refractivity contribution in [1.29, 1.82) is 0 Å². The van der Waals surface area contributed by atoms with Crippen molar-refractivity contribution in [2.75, 3.05) is 0 Å². The molecule has 0 saturated heterocycles. The summed E-state index contributed by atoms with van der Waals surface area (Å²) in [6, 6.07) is 7.76. The normalized spacial score (nSPS) is 11.6. The number of nitrogens with zero attached hydrogens (tertiary/aromatic N) is 1. The maximum Gasteiger partial charge on any atom is 0.433 e. The Bertz CT molecular complexity index is 702. The largest absolute Gasteiger partial charge is 0.481 e. The third-order valence-corrected chi connectivity index (χ3v) is 2.87. The van der Waals surface area contributed by atoms with E-state index in [1.807, 2.05) is 5.10 Å². The first-order valence-corrected chi connectivity index (χ1v) is 5.99. The lowest BCUT2D eigenvalue weighted by Gasteiger charge is -2.05. The predicted molar refractivity (Wildman–Crippen MR) is 67.3 cm³/mol. The number of para-hydroxylation sites is 1. The SMILES string of the molecule is O=C(O)CCc1c(C(F)(F)F)[nH]n(-c2ccccc2)c1=O. The number of benzene rings is 1. The highest BCUT2D eigenvalue weighted by Gasteiger charge is 2.37. The second-order valence-corrected chi connectivity index (χ2v) is 4.33. The lowest BCUT2D eigenvalue weighted by atomic mass is 10.1. The van der Waals surface area contributed by atoms with Gasteiger partial charge in [-0.15, -0.1) is 0 Å². The van der Waals surface area contributed by atoms with Gasteiger partial charge in [-0.2, -0.15) is 13.2 Å². The molecule has 1 aromatic carbocycles. The fourth-order valence-electron chi connectivity index (χ4n) is 1.93. The molecule has 0 spiro atoms. The van der Waals surface area contributed by atoms with Crippen LogP contribution in [0.15, 0.2) is 35.1 Å². The van der Waals surface area contributed by atoms with E-state index in [0.29, 0.717) is 0 Å². The number of carbonyl (C=O) groups is 1. The smallest absolute Gasteiger partial charge is 0.433 e. The second-order valence-electron chi connectivity index (χ2n) is 4.33. The molecule has 0 fully saturated rings. The fraction of sp³-hybridized carbons (Fsp3) is 0.231. The van der Waals surface area contributed by atoms with Gasteiger partial charge in [0.05, 0.1) is 5.69 Å². The Morgan fingerprint density at radius 1 is 1.24 bits per heavy atom. The molecule has 0 unspecified atom stereocenters. The number of halogens is 3. The molecule has 0 aliphatic rings. The van der Waals surface area contributed by atoms with Crippen LogP contribution in [0.25, 0.3) is 5.69 Å². The monoisotopic (exact) mass is 300 g/mol. The summed E-state index contributed by atoms with van der Waals surface area (Å²) < 4.78 is 39.6. The number of carboxylic acids is 1. The van der Waals surface area contributed by atoms with Crippen LogP contribution in [0.1, 0.15) is 17.7 Å². The lowest BCUT2D eigenvalue weighted by Crippen LogP contribution is -2.18. The Hall–Kier alpha value is -2.51. The van der Waals surface area contributed by atoms with Crippen LogP contribution in [0.4, 0.5) is 13.2 Å². The molecular weight excluding hydrogens is 289 g/mol. The Kier molecular flexibility index (Phi) is 3.88. The van der Waals surface area contributed by atoms with Crippen LogP contribution < -0.4 is 5.56 Å². The molecule has 0 aliphatic heterocycles. The van der Waals surface area contributed by atoms with Gasteiger partial charge in [-0.05, 0) is 18.6 Å². The first-order chi connectivity index (χ1) is 9.80. The molecule has 0 atom stereocenters. The number of carboxylic acid groups (broad SMARTS) is 1. The van der Waals surface area contributed by atoms with Crippen molar-refractivity contribution in [2.45, 2.75) is 19.0 Å². The molecule has 5 nitrogen and oxygen atoms in total. The number of H-pyrrole nitrogens is 1. The number of hydrogen-bond acceptors (Lipinski definition) is 2. The Morgan fingerprint density at radius 2 is 1.86 bits per heavy atom. The van der Waals surface area contributed by atoms with E-state index in [4.69, 9.17) is 5.11 Å². The Balaban J connectivity index is 2.55. The van der Waals surface area contributed by atoms with E-state index < -0.39 is 41.8 Å². The number of alkyl halides is 3. The third-order valence-electron chi connectivity index (χ3n) is 2.87. The van der Waals surface area contributed by atoms with Gasteiger partial charge in [0.1, 0.15) is 5.69 Å². The summed E-state index contributed by atoms with van der Waals surface area (Å²) in [5.74, 6) is -1.27. The molecule has 2 N–H and O–H groups in total. The van der Waals surface area contributed by atoms with Crippen molar-refractivity contribution in [3.8, 4) is 5.69 Å². The van der Waals surface area contributed by atoms with Gasteiger partial charge in [0.2, 0.25) is 0 Å². The van der Waals surface area contributed by atoms with E-state index in [-0.39, 0.29) is 5.69 Å². The van der Waals surface area contributed by atoms with Crippen molar-refractivity contribution in [2.24, 2.45) is 0 Å². The van der Waals surface area contributed by atoms with Gasteiger partial charge in [0, 0.05) is 12.0 Å². The van der Waals surface area contributed by atoms with Gasteiger partial charge < -0.3 is 5.11 Å². The van der Waals surface area contributed by atoms with E-state index in [1.165, 1.54) is 12.1 Å². The number of hydrogen-bond donors (Lipinski definition) is 2. The van der Waals surface area contributed by atoms with Gasteiger partial charge in [0.25, 0.3) is 5.56 Å². The first kappa shape index (κ1) is 14.9. The van der Waals surface area contributed by atoms with Crippen LogP contribution in [0.3, 0.4) is 0 Å². The quantitative estimate of drug-likeness (QED) is 0.909. The topological polar surface area (TPSA) is 75.1 Å². The summed E-state index contributed by atoms with van der Waals surface area (Å²) in [6.07, 6.45) is -5.79. The minimum atomic E-state index is -4.76. The zero-order chi connectivity index (χ0) is 15.6. The molecule has 2 aromatic rings. The van der Waals surface area contributed by atoms with Crippen LogP contribution >= 0.6 is 0 Å². The van der Waals surface area contributed by atoms with E-state index in [0.717, 1.165) is 4.68 Å². The van der Waals surface area contributed by atoms with Crippen molar-refractivity contribution < 1.29 is 23.1 Å². The number of aliphatic carboxylic acids is 1. The predicted octanol–water partition coefficient (Wildman–Crippen LogP) is 2.20.